The summed E-state index contributed by atoms with van der Waals surface area (Å²) in [5.74, 6) is 0.567. The molecule has 150 valence electrons. The molecule has 1 unspecified atom stereocenters. The van der Waals surface area contributed by atoms with Crippen LogP contribution in [0.15, 0.2) is 65.7 Å². The fraction of sp³-hybridized carbons (Fsp3) is 0.370. The number of aliphatic imine (C=N–C) groups is 1. The SMILES string of the molecule is CCCC1CCCCN=C1c1cccc(Cl)c1CCc1cccc2ccccc12. The molecular formula is C27H30ClN. The van der Waals surface area contributed by atoms with E-state index in [0.717, 1.165) is 24.4 Å². The smallest absolute Gasteiger partial charge is 0.0454 e. The van der Waals surface area contributed by atoms with Crippen molar-refractivity contribution in [3.8, 4) is 0 Å². The minimum absolute atomic E-state index is 0.567. The van der Waals surface area contributed by atoms with Crippen molar-refractivity contribution in [1.29, 1.82) is 0 Å². The summed E-state index contributed by atoms with van der Waals surface area (Å²) in [6, 6.07) is 21.6. The number of fused-ring (bicyclic) bond motifs is 1. The van der Waals surface area contributed by atoms with Gasteiger partial charge in [0.05, 0.1) is 0 Å². The normalized spacial score (nSPS) is 17.2. The Morgan fingerprint density at radius 3 is 2.66 bits per heavy atom. The summed E-state index contributed by atoms with van der Waals surface area (Å²) in [7, 11) is 0. The summed E-state index contributed by atoms with van der Waals surface area (Å²) in [5.41, 5.74) is 5.25. The highest BCUT2D eigenvalue weighted by Crippen LogP contribution is 2.30. The van der Waals surface area contributed by atoms with Crippen molar-refractivity contribution < 1.29 is 0 Å². The zero-order valence-electron chi connectivity index (χ0n) is 17.3. The number of rotatable bonds is 6. The van der Waals surface area contributed by atoms with Crippen LogP contribution < -0.4 is 0 Å². The molecule has 3 aromatic rings. The van der Waals surface area contributed by atoms with Gasteiger partial charge in [-0.3, -0.25) is 4.99 Å². The Bertz CT molecular complexity index is 999. The van der Waals surface area contributed by atoms with Crippen molar-refractivity contribution in [3.63, 3.8) is 0 Å². The van der Waals surface area contributed by atoms with Crippen LogP contribution in [-0.4, -0.2) is 12.3 Å². The molecule has 0 N–H and O–H groups in total. The summed E-state index contributed by atoms with van der Waals surface area (Å²) in [6.45, 7) is 3.23. The van der Waals surface area contributed by atoms with Crippen molar-refractivity contribution >= 4 is 28.1 Å². The van der Waals surface area contributed by atoms with E-state index in [4.69, 9.17) is 16.6 Å². The highest BCUT2D eigenvalue weighted by Gasteiger charge is 2.22. The minimum Gasteiger partial charge on any atom is -0.289 e. The topological polar surface area (TPSA) is 12.4 Å². The van der Waals surface area contributed by atoms with Crippen LogP contribution in [0.5, 0.6) is 0 Å². The fourth-order valence-electron chi connectivity index (χ4n) is 4.73. The maximum atomic E-state index is 6.74. The molecule has 0 saturated heterocycles. The molecule has 0 radical (unpaired) electrons. The summed E-state index contributed by atoms with van der Waals surface area (Å²) in [4.78, 5) is 5.06. The Morgan fingerprint density at radius 1 is 0.931 bits per heavy atom. The zero-order valence-corrected chi connectivity index (χ0v) is 18.1. The van der Waals surface area contributed by atoms with Gasteiger partial charge in [0.2, 0.25) is 0 Å². The molecule has 3 aromatic carbocycles. The molecule has 0 spiro atoms. The Morgan fingerprint density at radius 2 is 1.76 bits per heavy atom. The Labute approximate surface area is 179 Å². The molecular weight excluding hydrogens is 374 g/mol. The van der Waals surface area contributed by atoms with Crippen LogP contribution in [0.1, 0.15) is 55.7 Å². The number of aryl methyl sites for hydroxylation is 1. The van der Waals surface area contributed by atoms with E-state index in [1.54, 1.807) is 0 Å². The number of hydrogen-bond acceptors (Lipinski definition) is 1. The van der Waals surface area contributed by atoms with Crippen LogP contribution in [0.2, 0.25) is 5.02 Å². The lowest BCUT2D eigenvalue weighted by Crippen LogP contribution is -2.17. The average Bonchev–Trinajstić information content (AvgIpc) is 2.98. The Kier molecular flexibility index (Phi) is 6.67. The van der Waals surface area contributed by atoms with Gasteiger partial charge < -0.3 is 0 Å². The van der Waals surface area contributed by atoms with E-state index in [9.17, 15) is 0 Å². The Balaban J connectivity index is 1.67. The van der Waals surface area contributed by atoms with Gasteiger partial charge >= 0.3 is 0 Å². The molecule has 29 heavy (non-hydrogen) atoms. The quantitative estimate of drug-likeness (QED) is 0.400. The molecule has 1 atom stereocenters. The van der Waals surface area contributed by atoms with Crippen molar-refractivity contribution in [3.05, 3.63) is 82.4 Å². The van der Waals surface area contributed by atoms with Crippen LogP contribution in [0.4, 0.5) is 0 Å². The van der Waals surface area contributed by atoms with Crippen molar-refractivity contribution in [1.82, 2.24) is 0 Å². The van der Waals surface area contributed by atoms with E-state index >= 15 is 0 Å². The van der Waals surface area contributed by atoms with Gasteiger partial charge in [-0.2, -0.15) is 0 Å². The summed E-state index contributed by atoms with van der Waals surface area (Å²) in [6.07, 6.45) is 8.09. The molecule has 1 aliphatic rings. The lowest BCUT2D eigenvalue weighted by Gasteiger charge is -2.21. The summed E-state index contributed by atoms with van der Waals surface area (Å²) < 4.78 is 0. The van der Waals surface area contributed by atoms with E-state index in [0.29, 0.717) is 5.92 Å². The molecule has 0 fully saturated rings. The molecule has 1 nitrogen and oxygen atoms in total. The van der Waals surface area contributed by atoms with Crippen LogP contribution in [0.3, 0.4) is 0 Å². The molecule has 1 heterocycles. The standard InChI is InChI=1S/C27H30ClN/c1-2-9-22-11-5-6-19-29-27(22)25-15-8-16-26(28)24(25)18-17-21-13-7-12-20-10-3-4-14-23(20)21/h3-4,7-8,10,12-16,22H,2,5-6,9,11,17-19H2,1H3. The highest BCUT2D eigenvalue weighted by molar-refractivity contribution is 6.32. The predicted octanol–water partition coefficient (Wildman–Crippen LogP) is 7.67. The predicted molar refractivity (Wildman–Crippen MR) is 126 cm³/mol. The van der Waals surface area contributed by atoms with Crippen molar-refractivity contribution in [2.45, 2.75) is 51.9 Å². The molecule has 0 aliphatic carbocycles. The number of benzene rings is 3. The molecule has 0 saturated carbocycles. The molecule has 0 bridgehead atoms. The molecule has 4 rings (SSSR count). The first-order valence-corrected chi connectivity index (χ1v) is 11.4. The lowest BCUT2D eigenvalue weighted by molar-refractivity contribution is 0.548. The van der Waals surface area contributed by atoms with Gasteiger partial charge in [-0.05, 0) is 60.1 Å². The Hall–Kier alpha value is -2.12. The minimum atomic E-state index is 0.567. The second-order valence-corrected chi connectivity index (χ2v) is 8.56. The van der Waals surface area contributed by atoms with Crippen LogP contribution in [0, 0.1) is 5.92 Å². The van der Waals surface area contributed by atoms with Crippen LogP contribution in [-0.2, 0) is 12.8 Å². The molecule has 1 aliphatic heterocycles. The van der Waals surface area contributed by atoms with Crippen molar-refractivity contribution in [2.24, 2.45) is 10.9 Å². The van der Waals surface area contributed by atoms with E-state index in [1.807, 2.05) is 6.07 Å². The number of halogens is 1. The van der Waals surface area contributed by atoms with Crippen molar-refractivity contribution in [2.75, 3.05) is 6.54 Å². The van der Waals surface area contributed by atoms with Gasteiger partial charge in [-0.1, -0.05) is 86.0 Å². The van der Waals surface area contributed by atoms with Gasteiger partial charge in [-0.15, -0.1) is 0 Å². The van der Waals surface area contributed by atoms with Gasteiger partial charge in [0, 0.05) is 28.8 Å². The largest absolute Gasteiger partial charge is 0.289 e. The first kappa shape index (κ1) is 20.2. The van der Waals surface area contributed by atoms with Gasteiger partial charge in [0.25, 0.3) is 0 Å². The summed E-state index contributed by atoms with van der Waals surface area (Å²) in [5, 5.41) is 3.53. The monoisotopic (exact) mass is 403 g/mol. The molecule has 0 amide bonds. The van der Waals surface area contributed by atoms with Crippen LogP contribution in [0.25, 0.3) is 10.8 Å². The van der Waals surface area contributed by atoms with E-state index < -0.39 is 0 Å². The third kappa shape index (κ3) is 4.56. The number of nitrogens with zero attached hydrogens (tertiary/aromatic N) is 1. The van der Waals surface area contributed by atoms with Gasteiger partial charge in [0.1, 0.15) is 0 Å². The fourth-order valence-corrected chi connectivity index (χ4v) is 4.99. The van der Waals surface area contributed by atoms with E-state index in [2.05, 4.69) is 61.5 Å². The van der Waals surface area contributed by atoms with Crippen LogP contribution >= 0.6 is 11.6 Å². The van der Waals surface area contributed by atoms with E-state index in [-0.39, 0.29) is 0 Å². The molecule has 2 heteroatoms. The number of hydrogen-bond donors (Lipinski definition) is 0. The maximum absolute atomic E-state index is 6.74. The maximum Gasteiger partial charge on any atom is 0.0454 e. The molecule has 0 aromatic heterocycles. The van der Waals surface area contributed by atoms with Gasteiger partial charge in [-0.25, -0.2) is 0 Å². The third-order valence-electron chi connectivity index (χ3n) is 6.19. The van der Waals surface area contributed by atoms with Gasteiger partial charge in [0.15, 0.2) is 0 Å². The highest BCUT2D eigenvalue weighted by atomic mass is 35.5. The van der Waals surface area contributed by atoms with E-state index in [1.165, 1.54) is 65.3 Å². The second-order valence-electron chi connectivity index (χ2n) is 8.15. The summed E-state index contributed by atoms with van der Waals surface area (Å²) >= 11 is 6.74. The third-order valence-corrected chi connectivity index (χ3v) is 6.54. The lowest BCUT2D eigenvalue weighted by atomic mass is 9.86. The first-order chi connectivity index (χ1) is 14.3. The first-order valence-electron chi connectivity index (χ1n) is 11.1. The zero-order chi connectivity index (χ0) is 20.1. The second kappa shape index (κ2) is 9.59. The average molecular weight is 404 g/mol.